The number of hydrogen-bond donors (Lipinski definition) is 2. The summed E-state index contributed by atoms with van der Waals surface area (Å²) in [5, 5.41) is 13.3. The molecule has 1 atom stereocenters. The second-order valence-corrected chi connectivity index (χ2v) is 4.71. The van der Waals surface area contributed by atoms with E-state index < -0.39 is 16.9 Å². The molecule has 2 rings (SSSR count). The molecule has 0 spiro atoms. The molecule has 6 nitrogen and oxygen atoms in total. The van der Waals surface area contributed by atoms with Gasteiger partial charge in [-0.05, 0) is 11.6 Å². The maximum Gasteiger partial charge on any atom is 0.271 e. The minimum absolute atomic E-state index is 0.0813. The first-order chi connectivity index (χ1) is 9.99. The molecule has 0 unspecified atom stereocenters. The molecule has 0 heterocycles. The van der Waals surface area contributed by atoms with Crippen molar-refractivity contribution in [2.24, 2.45) is 5.73 Å². The maximum absolute atomic E-state index is 12.1. The van der Waals surface area contributed by atoms with Gasteiger partial charge in [-0.25, -0.2) is 0 Å². The smallest absolute Gasteiger partial charge is 0.271 e. The Bertz CT molecular complexity index is 676. The zero-order valence-electron chi connectivity index (χ0n) is 10.8. The molecule has 21 heavy (non-hydrogen) atoms. The Balaban J connectivity index is 2.15. The molecule has 0 aliphatic heterocycles. The normalized spacial score (nSPS) is 11.7. The maximum atomic E-state index is 12.1. The number of carbonyl (C=O) groups is 1. The SMILES string of the molecule is N[C@H](C(=O)Nc1ccc([N+](=O)[O-])cc1Cl)c1ccccc1. The first-order valence-corrected chi connectivity index (χ1v) is 6.42. The molecule has 0 aliphatic carbocycles. The van der Waals surface area contributed by atoms with Crippen molar-refractivity contribution in [3.63, 3.8) is 0 Å². The molecule has 1 amide bonds. The Morgan fingerprint density at radius 3 is 2.48 bits per heavy atom. The fourth-order valence-corrected chi connectivity index (χ4v) is 1.96. The summed E-state index contributed by atoms with van der Waals surface area (Å²) in [6, 6.07) is 11.8. The zero-order chi connectivity index (χ0) is 15.4. The lowest BCUT2D eigenvalue weighted by atomic mass is 10.1. The number of non-ortho nitro benzene ring substituents is 1. The highest BCUT2D eigenvalue weighted by atomic mass is 35.5. The summed E-state index contributed by atoms with van der Waals surface area (Å²) in [4.78, 5) is 22.1. The molecule has 2 aromatic carbocycles. The molecule has 0 fully saturated rings. The van der Waals surface area contributed by atoms with Crippen molar-refractivity contribution in [2.75, 3.05) is 5.32 Å². The van der Waals surface area contributed by atoms with Crippen LogP contribution in [0.2, 0.25) is 5.02 Å². The summed E-state index contributed by atoms with van der Waals surface area (Å²) >= 11 is 5.91. The van der Waals surface area contributed by atoms with Gasteiger partial charge in [0.15, 0.2) is 0 Å². The molecule has 3 N–H and O–H groups in total. The number of nitro groups is 1. The molecule has 0 aliphatic rings. The van der Waals surface area contributed by atoms with Crippen molar-refractivity contribution in [3.05, 3.63) is 69.2 Å². The lowest BCUT2D eigenvalue weighted by Crippen LogP contribution is -2.27. The number of halogens is 1. The number of nitrogens with zero attached hydrogens (tertiary/aromatic N) is 1. The van der Waals surface area contributed by atoms with Gasteiger partial charge in [0.1, 0.15) is 6.04 Å². The number of rotatable bonds is 4. The highest BCUT2D eigenvalue weighted by Gasteiger charge is 2.17. The average Bonchev–Trinajstić information content (AvgIpc) is 2.49. The Labute approximate surface area is 125 Å². The van der Waals surface area contributed by atoms with E-state index in [1.54, 1.807) is 24.3 Å². The van der Waals surface area contributed by atoms with Gasteiger partial charge in [-0.3, -0.25) is 14.9 Å². The number of amides is 1. The van der Waals surface area contributed by atoms with Crippen LogP contribution in [-0.4, -0.2) is 10.8 Å². The summed E-state index contributed by atoms with van der Waals surface area (Å²) < 4.78 is 0. The molecule has 2 aromatic rings. The van der Waals surface area contributed by atoms with Gasteiger partial charge >= 0.3 is 0 Å². The number of nitrogens with one attached hydrogen (secondary N) is 1. The van der Waals surface area contributed by atoms with Gasteiger partial charge in [-0.1, -0.05) is 41.9 Å². The number of carbonyl (C=O) groups excluding carboxylic acids is 1. The quantitative estimate of drug-likeness (QED) is 0.670. The number of benzene rings is 2. The van der Waals surface area contributed by atoms with E-state index in [4.69, 9.17) is 17.3 Å². The van der Waals surface area contributed by atoms with Gasteiger partial charge in [0.05, 0.1) is 15.6 Å². The van der Waals surface area contributed by atoms with Crippen LogP contribution >= 0.6 is 11.6 Å². The van der Waals surface area contributed by atoms with E-state index in [0.717, 1.165) is 0 Å². The van der Waals surface area contributed by atoms with Crippen LogP contribution < -0.4 is 11.1 Å². The first kappa shape index (κ1) is 15.0. The van der Waals surface area contributed by atoms with Crippen LogP contribution in [0.3, 0.4) is 0 Å². The molecular formula is C14H12ClN3O3. The minimum Gasteiger partial charge on any atom is -0.323 e. The number of anilines is 1. The van der Waals surface area contributed by atoms with Gasteiger partial charge in [0, 0.05) is 12.1 Å². The van der Waals surface area contributed by atoms with Crippen molar-refractivity contribution in [2.45, 2.75) is 6.04 Å². The van der Waals surface area contributed by atoms with Crippen molar-refractivity contribution < 1.29 is 9.72 Å². The number of nitro benzene ring substituents is 1. The molecule has 108 valence electrons. The molecule has 0 bridgehead atoms. The van der Waals surface area contributed by atoms with Gasteiger partial charge in [-0.15, -0.1) is 0 Å². The zero-order valence-corrected chi connectivity index (χ0v) is 11.6. The summed E-state index contributed by atoms with van der Waals surface area (Å²) in [7, 11) is 0. The predicted octanol–water partition coefficient (Wildman–Crippen LogP) is 2.89. The monoisotopic (exact) mass is 305 g/mol. The van der Waals surface area contributed by atoms with Crippen LogP contribution in [0.25, 0.3) is 0 Å². The third-order valence-corrected chi connectivity index (χ3v) is 3.18. The Morgan fingerprint density at radius 1 is 1.24 bits per heavy atom. The summed E-state index contributed by atoms with van der Waals surface area (Å²) in [6.07, 6.45) is 0. The van der Waals surface area contributed by atoms with Crippen LogP contribution in [0.4, 0.5) is 11.4 Å². The molecule has 0 saturated heterocycles. The van der Waals surface area contributed by atoms with Gasteiger partial charge in [0.25, 0.3) is 5.69 Å². The largest absolute Gasteiger partial charge is 0.323 e. The highest BCUT2D eigenvalue weighted by molar-refractivity contribution is 6.34. The standard InChI is InChI=1S/C14H12ClN3O3/c15-11-8-10(18(20)21)6-7-12(11)17-14(19)13(16)9-4-2-1-3-5-9/h1-8,13H,16H2,(H,17,19)/t13-/m0/s1. The molecular weight excluding hydrogens is 294 g/mol. The van der Waals surface area contributed by atoms with E-state index in [1.807, 2.05) is 6.07 Å². The third-order valence-electron chi connectivity index (χ3n) is 2.86. The third kappa shape index (κ3) is 3.56. The van der Waals surface area contributed by atoms with Crippen molar-refractivity contribution in [1.82, 2.24) is 0 Å². The van der Waals surface area contributed by atoms with Crippen LogP contribution in [0, 0.1) is 10.1 Å². The molecule has 7 heteroatoms. The highest BCUT2D eigenvalue weighted by Crippen LogP contribution is 2.27. The first-order valence-electron chi connectivity index (χ1n) is 6.04. The molecule has 0 saturated carbocycles. The van der Waals surface area contributed by atoms with Crippen LogP contribution in [0.1, 0.15) is 11.6 Å². The number of nitrogens with two attached hydrogens (primary N) is 1. The fourth-order valence-electron chi connectivity index (χ4n) is 1.74. The Kier molecular flexibility index (Phi) is 4.52. The molecule has 0 aromatic heterocycles. The second-order valence-electron chi connectivity index (χ2n) is 4.30. The summed E-state index contributed by atoms with van der Waals surface area (Å²) in [5.74, 6) is -0.447. The molecule has 0 radical (unpaired) electrons. The van der Waals surface area contributed by atoms with Gasteiger partial charge < -0.3 is 11.1 Å². The van der Waals surface area contributed by atoms with Crippen LogP contribution in [-0.2, 0) is 4.79 Å². The second kappa shape index (κ2) is 6.34. The van der Waals surface area contributed by atoms with E-state index in [9.17, 15) is 14.9 Å². The summed E-state index contributed by atoms with van der Waals surface area (Å²) in [5.41, 5.74) is 6.64. The van der Waals surface area contributed by atoms with E-state index in [-0.39, 0.29) is 16.4 Å². The fraction of sp³-hybridized carbons (Fsp3) is 0.0714. The minimum atomic E-state index is -0.850. The van der Waals surface area contributed by atoms with E-state index in [0.29, 0.717) is 5.56 Å². The predicted molar refractivity (Wildman–Crippen MR) is 80.1 cm³/mol. The lowest BCUT2D eigenvalue weighted by molar-refractivity contribution is -0.384. The topological polar surface area (TPSA) is 98.3 Å². The Hall–Kier alpha value is -2.44. The lowest BCUT2D eigenvalue weighted by Gasteiger charge is -2.13. The van der Waals surface area contributed by atoms with Crippen molar-refractivity contribution >= 4 is 28.9 Å². The van der Waals surface area contributed by atoms with Gasteiger partial charge in [-0.2, -0.15) is 0 Å². The summed E-state index contributed by atoms with van der Waals surface area (Å²) in [6.45, 7) is 0. The van der Waals surface area contributed by atoms with Crippen molar-refractivity contribution in [1.29, 1.82) is 0 Å². The van der Waals surface area contributed by atoms with Crippen LogP contribution in [0.5, 0.6) is 0 Å². The van der Waals surface area contributed by atoms with E-state index >= 15 is 0 Å². The Morgan fingerprint density at radius 2 is 1.90 bits per heavy atom. The van der Waals surface area contributed by atoms with E-state index in [2.05, 4.69) is 5.32 Å². The number of hydrogen-bond acceptors (Lipinski definition) is 4. The van der Waals surface area contributed by atoms with Crippen molar-refractivity contribution in [3.8, 4) is 0 Å². The van der Waals surface area contributed by atoms with Crippen LogP contribution in [0.15, 0.2) is 48.5 Å². The average molecular weight is 306 g/mol. The van der Waals surface area contributed by atoms with Gasteiger partial charge in [0.2, 0.25) is 5.91 Å². The van der Waals surface area contributed by atoms with E-state index in [1.165, 1.54) is 18.2 Å².